The van der Waals surface area contributed by atoms with Gasteiger partial charge >= 0.3 is 0 Å². The largest absolute Gasteiger partial charge is 0.354 e. The van der Waals surface area contributed by atoms with Crippen molar-refractivity contribution in [3.8, 4) is 0 Å². The van der Waals surface area contributed by atoms with Gasteiger partial charge in [0.1, 0.15) is 0 Å². The zero-order valence-electron chi connectivity index (χ0n) is 10.1. The van der Waals surface area contributed by atoms with Crippen LogP contribution in [0.4, 0.5) is 0 Å². The van der Waals surface area contributed by atoms with Crippen LogP contribution < -0.4 is 5.32 Å². The summed E-state index contributed by atoms with van der Waals surface area (Å²) in [7, 11) is 0. The third kappa shape index (κ3) is 2.67. The molecule has 1 aromatic carbocycles. The molecule has 0 aromatic heterocycles. The van der Waals surface area contributed by atoms with Crippen LogP contribution in [0.1, 0.15) is 18.9 Å². The molecular weight excluding hydrogens is 228 g/mol. The maximum Gasteiger partial charge on any atom is 0.173 e. The fourth-order valence-electron chi connectivity index (χ4n) is 2.12. The first kappa shape index (κ1) is 12.1. The van der Waals surface area contributed by atoms with Gasteiger partial charge in [0.25, 0.3) is 0 Å². The SMILES string of the molecule is C=C1C(Cc2ccccc2)NC(=S)N1CCC. The van der Waals surface area contributed by atoms with E-state index in [4.69, 9.17) is 12.2 Å². The maximum absolute atomic E-state index is 5.33. The number of nitrogens with zero attached hydrogens (tertiary/aromatic N) is 1. The quantitative estimate of drug-likeness (QED) is 0.822. The third-order valence-electron chi connectivity index (χ3n) is 3.02. The highest BCUT2D eigenvalue weighted by Crippen LogP contribution is 2.19. The Kier molecular flexibility index (Phi) is 3.79. The summed E-state index contributed by atoms with van der Waals surface area (Å²) in [5, 5.41) is 4.16. The second kappa shape index (κ2) is 5.32. The number of hydrogen-bond donors (Lipinski definition) is 1. The summed E-state index contributed by atoms with van der Waals surface area (Å²) < 4.78 is 0. The molecule has 0 amide bonds. The fourth-order valence-corrected chi connectivity index (χ4v) is 2.47. The van der Waals surface area contributed by atoms with Crippen molar-refractivity contribution in [3.05, 3.63) is 48.2 Å². The highest BCUT2D eigenvalue weighted by Gasteiger charge is 2.29. The van der Waals surface area contributed by atoms with Crippen LogP contribution >= 0.6 is 12.2 Å². The molecule has 0 bridgehead atoms. The van der Waals surface area contributed by atoms with Gasteiger partial charge in [0.2, 0.25) is 0 Å². The smallest absolute Gasteiger partial charge is 0.173 e. The Balaban J connectivity index is 2.04. The van der Waals surface area contributed by atoms with Crippen molar-refractivity contribution in [3.63, 3.8) is 0 Å². The van der Waals surface area contributed by atoms with Crippen molar-refractivity contribution in [2.45, 2.75) is 25.8 Å². The molecule has 3 heteroatoms. The van der Waals surface area contributed by atoms with E-state index in [1.807, 2.05) is 6.07 Å². The van der Waals surface area contributed by atoms with E-state index in [1.54, 1.807) is 0 Å². The summed E-state index contributed by atoms with van der Waals surface area (Å²) in [5.41, 5.74) is 2.41. The molecule has 1 aromatic rings. The molecule has 90 valence electrons. The number of hydrogen-bond acceptors (Lipinski definition) is 1. The first-order valence-corrected chi connectivity index (χ1v) is 6.44. The molecule has 1 saturated heterocycles. The highest BCUT2D eigenvalue weighted by molar-refractivity contribution is 7.80. The summed E-state index contributed by atoms with van der Waals surface area (Å²) >= 11 is 5.33. The Hall–Kier alpha value is -1.35. The van der Waals surface area contributed by atoms with Crippen molar-refractivity contribution in [2.24, 2.45) is 0 Å². The zero-order valence-corrected chi connectivity index (χ0v) is 11.0. The first-order valence-electron chi connectivity index (χ1n) is 6.03. The van der Waals surface area contributed by atoms with E-state index in [-0.39, 0.29) is 6.04 Å². The Morgan fingerprint density at radius 2 is 2.06 bits per heavy atom. The van der Waals surface area contributed by atoms with E-state index in [0.717, 1.165) is 30.2 Å². The van der Waals surface area contributed by atoms with Gasteiger partial charge in [-0.3, -0.25) is 0 Å². The van der Waals surface area contributed by atoms with Crippen molar-refractivity contribution >= 4 is 17.3 Å². The van der Waals surface area contributed by atoms with Crippen LogP contribution in [0.2, 0.25) is 0 Å². The molecule has 1 fully saturated rings. The van der Waals surface area contributed by atoms with Gasteiger partial charge in [0.15, 0.2) is 5.11 Å². The van der Waals surface area contributed by atoms with Gasteiger partial charge < -0.3 is 10.2 Å². The predicted octanol–water partition coefficient (Wildman–Crippen LogP) is 2.71. The molecule has 1 atom stereocenters. The topological polar surface area (TPSA) is 15.3 Å². The standard InChI is InChI=1S/C14H18N2S/c1-3-9-16-11(2)13(15-14(16)17)10-12-7-5-4-6-8-12/h4-8,13H,2-3,9-10H2,1H3,(H,15,17). The van der Waals surface area contributed by atoms with Crippen LogP contribution in [0.15, 0.2) is 42.6 Å². The average Bonchev–Trinajstić information content (AvgIpc) is 2.59. The zero-order chi connectivity index (χ0) is 12.3. The van der Waals surface area contributed by atoms with Gasteiger partial charge in [-0.1, -0.05) is 43.8 Å². The van der Waals surface area contributed by atoms with E-state index < -0.39 is 0 Å². The second-order valence-electron chi connectivity index (χ2n) is 4.33. The Bertz CT molecular complexity index is 413. The molecule has 2 nitrogen and oxygen atoms in total. The molecule has 1 aliphatic rings. The summed E-state index contributed by atoms with van der Waals surface area (Å²) in [5.74, 6) is 0. The van der Waals surface area contributed by atoms with Crippen LogP contribution in [0, 0.1) is 0 Å². The summed E-state index contributed by atoms with van der Waals surface area (Å²) in [6.07, 6.45) is 2.03. The molecule has 1 aliphatic heterocycles. The van der Waals surface area contributed by atoms with Gasteiger partial charge in [0, 0.05) is 12.2 Å². The lowest BCUT2D eigenvalue weighted by Gasteiger charge is -2.17. The lowest BCUT2D eigenvalue weighted by molar-refractivity contribution is 0.515. The third-order valence-corrected chi connectivity index (χ3v) is 3.36. The minimum absolute atomic E-state index is 0.247. The van der Waals surface area contributed by atoms with E-state index in [2.05, 4.69) is 48.0 Å². The Morgan fingerprint density at radius 1 is 1.35 bits per heavy atom. The molecule has 1 N–H and O–H groups in total. The van der Waals surface area contributed by atoms with Crippen LogP contribution in [-0.4, -0.2) is 22.6 Å². The molecular formula is C14H18N2S. The van der Waals surface area contributed by atoms with Crippen LogP contribution in [0.5, 0.6) is 0 Å². The number of thiocarbonyl (C=S) groups is 1. The molecule has 1 unspecified atom stereocenters. The average molecular weight is 246 g/mol. The summed E-state index contributed by atoms with van der Waals surface area (Å²) in [6, 6.07) is 10.7. The number of nitrogens with one attached hydrogen (secondary N) is 1. The molecule has 0 aliphatic carbocycles. The first-order chi connectivity index (χ1) is 8.22. The highest BCUT2D eigenvalue weighted by atomic mass is 32.1. The normalized spacial score (nSPS) is 19.6. The van der Waals surface area contributed by atoms with Gasteiger partial charge in [0.05, 0.1) is 6.04 Å². The molecule has 17 heavy (non-hydrogen) atoms. The van der Waals surface area contributed by atoms with Gasteiger partial charge in [-0.15, -0.1) is 0 Å². The fraction of sp³-hybridized carbons (Fsp3) is 0.357. The van der Waals surface area contributed by atoms with Crippen molar-refractivity contribution < 1.29 is 0 Å². The van der Waals surface area contributed by atoms with Crippen molar-refractivity contribution in [1.82, 2.24) is 10.2 Å². The van der Waals surface area contributed by atoms with E-state index >= 15 is 0 Å². The second-order valence-corrected chi connectivity index (χ2v) is 4.72. The van der Waals surface area contributed by atoms with Gasteiger partial charge in [-0.25, -0.2) is 0 Å². The van der Waals surface area contributed by atoms with Crippen LogP contribution in [0.3, 0.4) is 0 Å². The predicted molar refractivity (Wildman–Crippen MR) is 75.8 cm³/mol. The lowest BCUT2D eigenvalue weighted by atomic mass is 10.0. The minimum atomic E-state index is 0.247. The number of rotatable bonds is 4. The van der Waals surface area contributed by atoms with Crippen molar-refractivity contribution in [1.29, 1.82) is 0 Å². The minimum Gasteiger partial charge on any atom is -0.354 e. The maximum atomic E-state index is 5.33. The number of benzene rings is 1. The van der Waals surface area contributed by atoms with Crippen LogP contribution in [0.25, 0.3) is 0 Å². The van der Waals surface area contributed by atoms with Gasteiger partial charge in [-0.2, -0.15) is 0 Å². The molecule has 1 heterocycles. The molecule has 0 saturated carbocycles. The van der Waals surface area contributed by atoms with Gasteiger partial charge in [-0.05, 0) is 30.6 Å². The monoisotopic (exact) mass is 246 g/mol. The van der Waals surface area contributed by atoms with Crippen LogP contribution in [-0.2, 0) is 6.42 Å². The Morgan fingerprint density at radius 3 is 2.71 bits per heavy atom. The Labute approximate surface area is 108 Å². The molecule has 2 rings (SSSR count). The van der Waals surface area contributed by atoms with E-state index in [0.29, 0.717) is 0 Å². The molecule has 0 spiro atoms. The summed E-state index contributed by atoms with van der Waals surface area (Å²) in [6.45, 7) is 7.27. The van der Waals surface area contributed by atoms with Crippen molar-refractivity contribution in [2.75, 3.05) is 6.54 Å². The lowest BCUT2D eigenvalue weighted by Crippen LogP contribution is -2.29. The van der Waals surface area contributed by atoms with E-state index in [9.17, 15) is 0 Å². The van der Waals surface area contributed by atoms with E-state index in [1.165, 1.54) is 5.56 Å². The molecule has 0 radical (unpaired) electrons. The summed E-state index contributed by atoms with van der Waals surface area (Å²) in [4.78, 5) is 2.11.